The fourth-order valence-electron chi connectivity index (χ4n) is 5.09. The number of hydrogen-bond acceptors (Lipinski definition) is 6. The highest BCUT2D eigenvalue weighted by atomic mass is 16.5. The van der Waals surface area contributed by atoms with Crippen molar-refractivity contribution in [3.8, 4) is 22.5 Å². The van der Waals surface area contributed by atoms with Gasteiger partial charge in [-0.1, -0.05) is 80.9 Å². The number of rotatable bonds is 12. The zero-order valence-corrected chi connectivity index (χ0v) is 24.6. The first-order valence-electron chi connectivity index (χ1n) is 14.4. The lowest BCUT2D eigenvalue weighted by Crippen LogP contribution is -2.37. The van der Waals surface area contributed by atoms with Crippen LogP contribution in [0.4, 0.5) is 0 Å². The van der Waals surface area contributed by atoms with Crippen LogP contribution < -0.4 is 11.3 Å². The monoisotopic (exact) mass is 557 g/mol. The highest BCUT2D eigenvalue weighted by Gasteiger charge is 2.23. The predicted octanol–water partition coefficient (Wildman–Crippen LogP) is 5.18. The lowest BCUT2D eigenvalue weighted by atomic mass is 9.98. The number of amides is 1. The fraction of sp³-hybridized carbons (Fsp3) is 0.406. The van der Waals surface area contributed by atoms with E-state index < -0.39 is 5.76 Å². The van der Waals surface area contributed by atoms with Crippen molar-refractivity contribution in [2.75, 3.05) is 13.1 Å². The Labute approximate surface area is 240 Å². The highest BCUT2D eigenvalue weighted by molar-refractivity contribution is 5.80. The number of aromatic amines is 1. The normalized spacial score (nSPS) is 11.3. The summed E-state index contributed by atoms with van der Waals surface area (Å²) in [5.74, 6) is 0.481. The van der Waals surface area contributed by atoms with Gasteiger partial charge in [0.15, 0.2) is 5.82 Å². The lowest BCUT2D eigenvalue weighted by Gasteiger charge is -2.22. The number of likely N-dealkylation sites (N-methyl/N-ethyl adjacent to an activating group) is 1. The third kappa shape index (κ3) is 6.73. The molecule has 0 saturated heterocycles. The maximum atomic E-state index is 14.0. The van der Waals surface area contributed by atoms with E-state index in [2.05, 4.69) is 17.1 Å². The van der Waals surface area contributed by atoms with Gasteiger partial charge in [0.1, 0.15) is 5.82 Å². The van der Waals surface area contributed by atoms with Crippen molar-refractivity contribution in [2.45, 2.75) is 72.8 Å². The molecule has 2 heterocycles. The molecule has 0 atom stereocenters. The third-order valence-corrected chi connectivity index (χ3v) is 7.35. The van der Waals surface area contributed by atoms with Gasteiger partial charge in [-0.3, -0.25) is 23.7 Å². The van der Waals surface area contributed by atoms with Gasteiger partial charge < -0.3 is 4.90 Å². The summed E-state index contributed by atoms with van der Waals surface area (Å²) in [6.45, 7) is 11.6. The van der Waals surface area contributed by atoms with Crippen molar-refractivity contribution in [3.63, 3.8) is 0 Å². The Kier molecular flexibility index (Phi) is 9.70. The average Bonchev–Trinajstić information content (AvgIpc) is 3.41. The predicted molar refractivity (Wildman–Crippen MR) is 160 cm³/mol. The van der Waals surface area contributed by atoms with E-state index in [1.54, 1.807) is 9.47 Å². The van der Waals surface area contributed by atoms with Crippen LogP contribution in [0.5, 0.6) is 0 Å². The Hall–Kier alpha value is -4.27. The summed E-state index contributed by atoms with van der Waals surface area (Å²) in [7, 11) is 0. The zero-order valence-electron chi connectivity index (χ0n) is 24.6. The van der Waals surface area contributed by atoms with Gasteiger partial charge in [0, 0.05) is 30.6 Å². The molecular formula is C32H39N5O4. The van der Waals surface area contributed by atoms with Gasteiger partial charge in [-0.2, -0.15) is 0 Å². The Morgan fingerprint density at radius 1 is 1.00 bits per heavy atom. The SMILES string of the molecule is CCCCc1nc(C(C)C)c(CC(=O)N(CC)CC)c(=O)n1Cc1ccc(-c2ccccc2-c2noc(=O)[nH]2)cc1. The van der Waals surface area contributed by atoms with E-state index in [1.165, 1.54) is 0 Å². The maximum absolute atomic E-state index is 14.0. The average molecular weight is 558 g/mol. The second-order valence-electron chi connectivity index (χ2n) is 10.5. The molecule has 216 valence electrons. The van der Waals surface area contributed by atoms with Crippen LogP contribution in [0, 0.1) is 0 Å². The maximum Gasteiger partial charge on any atom is 0.439 e. The van der Waals surface area contributed by atoms with Crippen molar-refractivity contribution < 1.29 is 9.32 Å². The second-order valence-corrected chi connectivity index (χ2v) is 10.5. The molecule has 9 nitrogen and oxygen atoms in total. The summed E-state index contributed by atoms with van der Waals surface area (Å²) >= 11 is 0. The number of H-pyrrole nitrogens is 1. The van der Waals surface area contributed by atoms with Gasteiger partial charge in [-0.05, 0) is 42.9 Å². The van der Waals surface area contributed by atoms with Gasteiger partial charge in [-0.15, -0.1) is 0 Å². The lowest BCUT2D eigenvalue weighted by molar-refractivity contribution is -0.130. The minimum absolute atomic E-state index is 0.0243. The molecule has 0 spiro atoms. The minimum Gasteiger partial charge on any atom is -0.343 e. The molecule has 0 unspecified atom stereocenters. The number of benzene rings is 2. The van der Waals surface area contributed by atoms with Crippen LogP contribution in [0.3, 0.4) is 0 Å². The van der Waals surface area contributed by atoms with Crippen molar-refractivity contribution in [2.24, 2.45) is 0 Å². The van der Waals surface area contributed by atoms with Gasteiger partial charge >= 0.3 is 5.76 Å². The summed E-state index contributed by atoms with van der Waals surface area (Å²) in [6, 6.07) is 15.6. The Morgan fingerprint density at radius 3 is 2.27 bits per heavy atom. The fourth-order valence-corrected chi connectivity index (χ4v) is 5.09. The molecule has 0 aliphatic carbocycles. The van der Waals surface area contributed by atoms with E-state index in [4.69, 9.17) is 9.51 Å². The topological polar surface area (TPSA) is 114 Å². The van der Waals surface area contributed by atoms with E-state index in [9.17, 15) is 14.4 Å². The van der Waals surface area contributed by atoms with Crippen molar-refractivity contribution in [3.05, 3.63) is 92.1 Å². The van der Waals surface area contributed by atoms with Crippen molar-refractivity contribution in [1.29, 1.82) is 0 Å². The Bertz CT molecular complexity index is 1590. The van der Waals surface area contributed by atoms with Crippen LogP contribution in [-0.4, -0.2) is 43.6 Å². The number of nitrogens with one attached hydrogen (secondary N) is 1. The molecule has 2 aromatic carbocycles. The zero-order chi connectivity index (χ0) is 29.5. The quantitative estimate of drug-likeness (QED) is 0.257. The molecule has 2 aromatic heterocycles. The van der Waals surface area contributed by atoms with Gasteiger partial charge in [0.25, 0.3) is 5.56 Å². The molecule has 4 rings (SSSR count). The number of hydrogen-bond donors (Lipinski definition) is 1. The first-order chi connectivity index (χ1) is 19.8. The molecule has 0 aliphatic rings. The standard InChI is InChI=1S/C32H39N5O4/c1-6-9-14-27-33-29(21(4)5)26(19-28(38)36(7-2)8-3)31(39)37(27)20-22-15-17-23(18-16-22)24-12-10-11-13-25(24)30-34-32(40)41-35-30/h10-13,15-18,21H,6-9,14,19-20H2,1-5H3,(H,34,35,40). The Balaban J connectivity index is 1.72. The third-order valence-electron chi connectivity index (χ3n) is 7.35. The molecular weight excluding hydrogens is 518 g/mol. The summed E-state index contributed by atoms with van der Waals surface area (Å²) in [5, 5.41) is 3.84. The smallest absolute Gasteiger partial charge is 0.343 e. The molecule has 4 aromatic rings. The van der Waals surface area contributed by atoms with Crippen molar-refractivity contribution in [1.82, 2.24) is 24.6 Å². The molecule has 1 amide bonds. The highest BCUT2D eigenvalue weighted by Crippen LogP contribution is 2.30. The molecule has 0 bridgehead atoms. The molecule has 9 heteroatoms. The van der Waals surface area contributed by atoms with Crippen LogP contribution in [0.2, 0.25) is 0 Å². The van der Waals surface area contributed by atoms with Gasteiger partial charge in [-0.25, -0.2) is 9.78 Å². The van der Waals surface area contributed by atoms with E-state index in [-0.39, 0.29) is 23.8 Å². The van der Waals surface area contributed by atoms with E-state index in [0.717, 1.165) is 46.6 Å². The largest absolute Gasteiger partial charge is 0.439 e. The van der Waals surface area contributed by atoms with Crippen LogP contribution in [0.15, 0.2) is 62.6 Å². The summed E-state index contributed by atoms with van der Waals surface area (Å²) in [4.78, 5) is 47.9. The number of unbranched alkanes of at least 4 members (excludes halogenated alkanes) is 1. The van der Waals surface area contributed by atoms with E-state index >= 15 is 0 Å². The number of carbonyl (C=O) groups excluding carboxylic acids is 1. The van der Waals surface area contributed by atoms with Gasteiger partial charge in [0.05, 0.1) is 18.7 Å². The molecule has 0 radical (unpaired) electrons. The first kappa shape index (κ1) is 29.7. The van der Waals surface area contributed by atoms with Crippen molar-refractivity contribution >= 4 is 5.91 Å². The second kappa shape index (κ2) is 13.4. The van der Waals surface area contributed by atoms with E-state index in [1.807, 2.05) is 76.2 Å². The first-order valence-corrected chi connectivity index (χ1v) is 14.4. The summed E-state index contributed by atoms with van der Waals surface area (Å²) in [6.07, 6.45) is 2.65. The molecule has 0 aliphatic heterocycles. The number of carbonyl (C=O) groups is 1. The molecule has 1 N–H and O–H groups in total. The van der Waals surface area contributed by atoms with Crippen LogP contribution in [0.25, 0.3) is 22.5 Å². The van der Waals surface area contributed by atoms with Crippen LogP contribution >= 0.6 is 0 Å². The number of aromatic nitrogens is 4. The summed E-state index contributed by atoms with van der Waals surface area (Å²) < 4.78 is 6.45. The summed E-state index contributed by atoms with van der Waals surface area (Å²) in [5.41, 5.74) is 4.59. The Morgan fingerprint density at radius 2 is 1.68 bits per heavy atom. The van der Waals surface area contributed by atoms with Gasteiger partial charge in [0.2, 0.25) is 5.91 Å². The van der Waals surface area contributed by atoms with Crippen LogP contribution in [0.1, 0.15) is 76.0 Å². The minimum atomic E-state index is -0.607. The van der Waals surface area contributed by atoms with E-state index in [0.29, 0.717) is 37.4 Å². The number of aryl methyl sites for hydroxylation is 1. The number of nitrogens with zero attached hydrogens (tertiary/aromatic N) is 4. The molecule has 0 saturated carbocycles. The molecule has 41 heavy (non-hydrogen) atoms. The van der Waals surface area contributed by atoms with Crippen LogP contribution in [-0.2, 0) is 24.2 Å². The molecule has 0 fully saturated rings.